The Bertz CT molecular complexity index is 592. The van der Waals surface area contributed by atoms with Gasteiger partial charge < -0.3 is 4.90 Å². The number of aromatic nitrogens is 1. The van der Waals surface area contributed by atoms with Gasteiger partial charge in [-0.2, -0.15) is 0 Å². The van der Waals surface area contributed by atoms with E-state index in [2.05, 4.69) is 74.0 Å². The molecule has 110 valence electrons. The van der Waals surface area contributed by atoms with E-state index in [4.69, 9.17) is 0 Å². The smallest absolute Gasteiger partial charge is 0.128 e. The summed E-state index contributed by atoms with van der Waals surface area (Å²) < 4.78 is 1.08. The molecule has 0 amide bonds. The highest BCUT2D eigenvalue weighted by atomic mass is 79.9. The maximum Gasteiger partial charge on any atom is 0.128 e. The first kappa shape index (κ1) is 14.5. The van der Waals surface area contributed by atoms with E-state index in [-0.39, 0.29) is 0 Å². The number of piperazine rings is 1. The molecule has 0 bridgehead atoms. The molecule has 2 heterocycles. The molecule has 0 radical (unpaired) electrons. The first-order valence-corrected chi connectivity index (χ1v) is 8.15. The van der Waals surface area contributed by atoms with Gasteiger partial charge in [-0.25, -0.2) is 4.98 Å². The van der Waals surface area contributed by atoms with Crippen LogP contribution in [0.4, 0.5) is 5.82 Å². The first-order chi connectivity index (χ1) is 10.2. The molecule has 1 fully saturated rings. The number of hydrogen-bond donors (Lipinski definition) is 0. The molecular weight excluding hydrogens is 326 g/mol. The van der Waals surface area contributed by atoms with E-state index in [9.17, 15) is 0 Å². The molecule has 2 aromatic rings. The molecule has 0 atom stereocenters. The second-order valence-corrected chi connectivity index (χ2v) is 6.39. The lowest BCUT2D eigenvalue weighted by Gasteiger charge is -2.35. The van der Waals surface area contributed by atoms with E-state index in [1.165, 1.54) is 11.1 Å². The van der Waals surface area contributed by atoms with Crippen LogP contribution in [0.2, 0.25) is 0 Å². The van der Waals surface area contributed by atoms with Crippen LogP contribution in [0.3, 0.4) is 0 Å². The van der Waals surface area contributed by atoms with Gasteiger partial charge in [-0.1, -0.05) is 30.3 Å². The Hall–Kier alpha value is -1.39. The molecule has 3 nitrogen and oxygen atoms in total. The fourth-order valence-corrected chi connectivity index (χ4v) is 2.89. The van der Waals surface area contributed by atoms with Crippen molar-refractivity contribution in [1.82, 2.24) is 9.88 Å². The van der Waals surface area contributed by atoms with E-state index < -0.39 is 0 Å². The number of benzene rings is 1. The van der Waals surface area contributed by atoms with Crippen molar-refractivity contribution in [3.8, 4) is 0 Å². The van der Waals surface area contributed by atoms with Crippen LogP contribution in [-0.4, -0.2) is 36.1 Å². The van der Waals surface area contributed by atoms with Gasteiger partial charge in [-0.15, -0.1) is 0 Å². The molecule has 1 aliphatic heterocycles. The molecular formula is C17H20BrN3. The summed E-state index contributed by atoms with van der Waals surface area (Å²) in [5.41, 5.74) is 2.63. The SMILES string of the molecule is Cc1cc(N2CCN(Cc3ccccc3)CC2)ncc1Br. The second-order valence-electron chi connectivity index (χ2n) is 5.54. The van der Waals surface area contributed by atoms with Crippen molar-refractivity contribution in [2.45, 2.75) is 13.5 Å². The lowest BCUT2D eigenvalue weighted by atomic mass is 10.2. The van der Waals surface area contributed by atoms with E-state index in [1.807, 2.05) is 6.20 Å². The molecule has 1 aromatic heterocycles. The Morgan fingerprint density at radius 3 is 2.48 bits per heavy atom. The summed E-state index contributed by atoms with van der Waals surface area (Å²) in [4.78, 5) is 9.42. The van der Waals surface area contributed by atoms with Gasteiger partial charge in [0.2, 0.25) is 0 Å². The molecule has 1 aromatic carbocycles. The normalized spacial score (nSPS) is 16.2. The minimum absolute atomic E-state index is 1.04. The second kappa shape index (κ2) is 6.58. The minimum Gasteiger partial charge on any atom is -0.354 e. The number of halogens is 1. The Morgan fingerprint density at radius 2 is 1.81 bits per heavy atom. The van der Waals surface area contributed by atoms with Crippen molar-refractivity contribution in [3.63, 3.8) is 0 Å². The number of nitrogens with zero attached hydrogens (tertiary/aromatic N) is 3. The van der Waals surface area contributed by atoms with Gasteiger partial charge in [0.05, 0.1) is 0 Å². The standard InChI is InChI=1S/C17H20BrN3/c1-14-11-17(19-12-16(14)18)21-9-7-20(8-10-21)13-15-5-3-2-4-6-15/h2-6,11-12H,7-10,13H2,1H3. The molecule has 0 N–H and O–H groups in total. The van der Waals surface area contributed by atoms with Gasteiger partial charge in [-0.05, 0) is 40.0 Å². The number of rotatable bonds is 3. The molecule has 0 spiro atoms. The van der Waals surface area contributed by atoms with Crippen LogP contribution in [0, 0.1) is 6.92 Å². The summed E-state index contributed by atoms with van der Waals surface area (Å²) in [7, 11) is 0. The Kier molecular flexibility index (Phi) is 4.56. The van der Waals surface area contributed by atoms with E-state index in [0.717, 1.165) is 43.0 Å². The summed E-state index contributed by atoms with van der Waals surface area (Å²) in [6.07, 6.45) is 1.90. The summed E-state index contributed by atoms with van der Waals surface area (Å²) >= 11 is 3.51. The molecule has 4 heteroatoms. The van der Waals surface area contributed by atoms with E-state index in [1.54, 1.807) is 0 Å². The van der Waals surface area contributed by atoms with E-state index in [0.29, 0.717) is 0 Å². The number of anilines is 1. The summed E-state index contributed by atoms with van der Waals surface area (Å²) in [6.45, 7) is 7.42. The van der Waals surface area contributed by atoms with Gasteiger partial charge in [0.1, 0.15) is 5.82 Å². The van der Waals surface area contributed by atoms with Crippen LogP contribution in [0.5, 0.6) is 0 Å². The van der Waals surface area contributed by atoms with Crippen LogP contribution in [-0.2, 0) is 6.54 Å². The molecule has 3 rings (SSSR count). The first-order valence-electron chi connectivity index (χ1n) is 7.36. The van der Waals surface area contributed by atoms with Crippen molar-refractivity contribution < 1.29 is 0 Å². The van der Waals surface area contributed by atoms with Crippen LogP contribution in [0.15, 0.2) is 47.1 Å². The highest BCUT2D eigenvalue weighted by molar-refractivity contribution is 9.10. The van der Waals surface area contributed by atoms with Gasteiger partial charge in [-0.3, -0.25) is 4.90 Å². The molecule has 0 aliphatic carbocycles. The minimum atomic E-state index is 1.04. The average Bonchev–Trinajstić information content (AvgIpc) is 2.52. The maximum absolute atomic E-state index is 4.53. The Balaban J connectivity index is 1.58. The largest absolute Gasteiger partial charge is 0.354 e. The van der Waals surface area contributed by atoms with E-state index >= 15 is 0 Å². The Labute approximate surface area is 134 Å². The van der Waals surface area contributed by atoms with Crippen LogP contribution >= 0.6 is 15.9 Å². The topological polar surface area (TPSA) is 19.4 Å². The molecule has 1 aliphatic rings. The lowest BCUT2D eigenvalue weighted by molar-refractivity contribution is 0.249. The zero-order valence-electron chi connectivity index (χ0n) is 12.3. The number of pyridine rings is 1. The van der Waals surface area contributed by atoms with Gasteiger partial charge in [0.25, 0.3) is 0 Å². The molecule has 1 saturated heterocycles. The fourth-order valence-electron chi connectivity index (χ4n) is 2.67. The monoisotopic (exact) mass is 345 g/mol. The highest BCUT2D eigenvalue weighted by Gasteiger charge is 2.18. The van der Waals surface area contributed by atoms with Crippen molar-refractivity contribution in [3.05, 3.63) is 58.2 Å². The third-order valence-corrected chi connectivity index (χ3v) is 4.81. The van der Waals surface area contributed by atoms with Gasteiger partial charge in [0, 0.05) is 43.4 Å². The maximum atomic E-state index is 4.53. The predicted molar refractivity (Wildman–Crippen MR) is 90.6 cm³/mol. The lowest BCUT2D eigenvalue weighted by Crippen LogP contribution is -2.46. The quantitative estimate of drug-likeness (QED) is 0.848. The molecule has 0 unspecified atom stereocenters. The predicted octanol–water partition coefficient (Wildman–Crippen LogP) is 3.47. The van der Waals surface area contributed by atoms with Crippen molar-refractivity contribution in [2.75, 3.05) is 31.1 Å². The van der Waals surface area contributed by atoms with Gasteiger partial charge in [0.15, 0.2) is 0 Å². The van der Waals surface area contributed by atoms with Crippen LogP contribution in [0.1, 0.15) is 11.1 Å². The van der Waals surface area contributed by atoms with Crippen LogP contribution in [0.25, 0.3) is 0 Å². The third-order valence-electron chi connectivity index (χ3n) is 3.98. The average molecular weight is 346 g/mol. The van der Waals surface area contributed by atoms with Crippen molar-refractivity contribution in [2.24, 2.45) is 0 Å². The summed E-state index contributed by atoms with van der Waals surface area (Å²) in [5.74, 6) is 1.09. The molecule has 21 heavy (non-hydrogen) atoms. The van der Waals surface area contributed by atoms with Crippen LogP contribution < -0.4 is 4.90 Å². The fraction of sp³-hybridized carbons (Fsp3) is 0.353. The molecule has 0 saturated carbocycles. The van der Waals surface area contributed by atoms with Crippen molar-refractivity contribution in [1.29, 1.82) is 0 Å². The summed E-state index contributed by atoms with van der Waals surface area (Å²) in [6, 6.07) is 12.9. The zero-order valence-corrected chi connectivity index (χ0v) is 13.9. The highest BCUT2D eigenvalue weighted by Crippen LogP contribution is 2.21. The Morgan fingerprint density at radius 1 is 1.10 bits per heavy atom. The third kappa shape index (κ3) is 3.63. The van der Waals surface area contributed by atoms with Crippen molar-refractivity contribution >= 4 is 21.7 Å². The van der Waals surface area contributed by atoms with Gasteiger partial charge >= 0.3 is 0 Å². The number of aryl methyl sites for hydroxylation is 1. The zero-order chi connectivity index (χ0) is 14.7. The summed E-state index contributed by atoms with van der Waals surface area (Å²) in [5, 5.41) is 0. The number of hydrogen-bond acceptors (Lipinski definition) is 3.